The molecular formula is C21H23N5O6S. The fourth-order valence-corrected chi connectivity index (χ4v) is 5.42. The van der Waals surface area contributed by atoms with E-state index in [0.717, 1.165) is 36.1 Å². The zero-order chi connectivity index (χ0) is 23.9. The van der Waals surface area contributed by atoms with Gasteiger partial charge in [0.05, 0.1) is 24.1 Å². The van der Waals surface area contributed by atoms with Gasteiger partial charge in [-0.3, -0.25) is 19.6 Å². The number of aryl methyl sites for hydroxylation is 3. The van der Waals surface area contributed by atoms with Crippen LogP contribution in [0.5, 0.6) is 0 Å². The van der Waals surface area contributed by atoms with E-state index < -0.39 is 16.8 Å². The highest BCUT2D eigenvalue weighted by Gasteiger charge is 2.30. The van der Waals surface area contributed by atoms with Crippen molar-refractivity contribution in [2.75, 3.05) is 12.4 Å². The molecule has 0 radical (unpaired) electrons. The van der Waals surface area contributed by atoms with Crippen LogP contribution in [0.3, 0.4) is 0 Å². The molecule has 3 aromatic rings. The first kappa shape index (κ1) is 22.6. The maximum atomic E-state index is 13.2. The lowest BCUT2D eigenvalue weighted by atomic mass is 9.95. The minimum absolute atomic E-state index is 0.0323. The van der Waals surface area contributed by atoms with Crippen LogP contribution < -0.4 is 5.32 Å². The zero-order valence-corrected chi connectivity index (χ0v) is 19.5. The second kappa shape index (κ2) is 8.77. The van der Waals surface area contributed by atoms with Crippen molar-refractivity contribution in [3.63, 3.8) is 0 Å². The summed E-state index contributed by atoms with van der Waals surface area (Å²) in [6, 6.07) is 0. The maximum Gasteiger partial charge on any atom is 0.341 e. The third-order valence-corrected chi connectivity index (χ3v) is 7.03. The molecule has 0 aliphatic heterocycles. The predicted molar refractivity (Wildman–Crippen MR) is 119 cm³/mol. The van der Waals surface area contributed by atoms with Crippen molar-refractivity contribution in [1.82, 2.24) is 14.9 Å². The number of anilines is 1. The molecule has 1 N–H and O–H groups in total. The minimum Gasteiger partial charge on any atom is -0.465 e. The molecule has 0 atom stereocenters. The molecule has 0 bridgehead atoms. The Balaban J connectivity index is 1.66. The number of rotatable bonds is 6. The van der Waals surface area contributed by atoms with Gasteiger partial charge >= 0.3 is 11.7 Å². The van der Waals surface area contributed by atoms with Gasteiger partial charge in [0.15, 0.2) is 5.69 Å². The first-order valence-corrected chi connectivity index (χ1v) is 11.2. The first-order chi connectivity index (χ1) is 15.7. The second-order valence-electron chi connectivity index (χ2n) is 7.86. The number of carbonyl (C=O) groups is 2. The van der Waals surface area contributed by atoms with Gasteiger partial charge in [-0.2, -0.15) is 5.10 Å². The molecule has 0 aromatic carbocycles. The number of methoxy groups -OCH3 is 1. The zero-order valence-electron chi connectivity index (χ0n) is 18.7. The SMILES string of the molecule is COC(=O)c1c(NC(=O)c2noc(C)c2Cn2nc(C)c([N+](=O)[O-])c2C)sc2c1CCCC2. The van der Waals surface area contributed by atoms with Crippen LogP contribution >= 0.6 is 11.3 Å². The largest absolute Gasteiger partial charge is 0.465 e. The number of aromatic nitrogens is 3. The summed E-state index contributed by atoms with van der Waals surface area (Å²) in [5.74, 6) is -0.633. The number of amides is 1. The van der Waals surface area contributed by atoms with Crippen molar-refractivity contribution in [1.29, 1.82) is 0 Å². The minimum atomic E-state index is -0.540. The molecule has 0 spiro atoms. The summed E-state index contributed by atoms with van der Waals surface area (Å²) in [7, 11) is 1.31. The van der Waals surface area contributed by atoms with Gasteiger partial charge in [0.2, 0.25) is 0 Å². The van der Waals surface area contributed by atoms with E-state index in [-0.39, 0.29) is 23.6 Å². The lowest BCUT2D eigenvalue weighted by molar-refractivity contribution is -0.386. The number of hydrogen-bond donors (Lipinski definition) is 1. The van der Waals surface area contributed by atoms with Crippen molar-refractivity contribution in [2.24, 2.45) is 0 Å². The molecule has 3 aromatic heterocycles. The fraction of sp³-hybridized carbons (Fsp3) is 0.429. The van der Waals surface area contributed by atoms with E-state index in [4.69, 9.17) is 9.26 Å². The van der Waals surface area contributed by atoms with Crippen LogP contribution in [0.25, 0.3) is 0 Å². The Labute approximate surface area is 192 Å². The van der Waals surface area contributed by atoms with E-state index in [0.29, 0.717) is 27.6 Å². The van der Waals surface area contributed by atoms with Crippen LogP contribution in [0.4, 0.5) is 10.7 Å². The Hall–Kier alpha value is -3.54. The number of ether oxygens (including phenoxy) is 1. The Kier molecular flexibility index (Phi) is 6.02. The molecular weight excluding hydrogens is 450 g/mol. The summed E-state index contributed by atoms with van der Waals surface area (Å²) < 4.78 is 11.7. The van der Waals surface area contributed by atoms with E-state index in [1.807, 2.05) is 0 Å². The van der Waals surface area contributed by atoms with Crippen LogP contribution in [0, 0.1) is 30.9 Å². The molecule has 0 saturated heterocycles. The summed E-state index contributed by atoms with van der Waals surface area (Å²) >= 11 is 1.37. The van der Waals surface area contributed by atoms with E-state index in [2.05, 4.69) is 15.6 Å². The highest BCUT2D eigenvalue weighted by molar-refractivity contribution is 7.17. The molecule has 0 unspecified atom stereocenters. The molecule has 174 valence electrons. The van der Waals surface area contributed by atoms with Crippen molar-refractivity contribution >= 4 is 33.9 Å². The van der Waals surface area contributed by atoms with Gasteiger partial charge in [-0.05, 0) is 52.0 Å². The van der Waals surface area contributed by atoms with Crippen LogP contribution in [-0.2, 0) is 24.1 Å². The average molecular weight is 474 g/mol. The number of esters is 1. The third-order valence-electron chi connectivity index (χ3n) is 5.82. The van der Waals surface area contributed by atoms with E-state index in [1.54, 1.807) is 20.8 Å². The van der Waals surface area contributed by atoms with Crippen LogP contribution in [0.15, 0.2) is 4.52 Å². The van der Waals surface area contributed by atoms with Crippen molar-refractivity contribution in [2.45, 2.75) is 53.0 Å². The number of nitrogens with one attached hydrogen (secondary N) is 1. The van der Waals surface area contributed by atoms with E-state index in [1.165, 1.54) is 23.1 Å². The lowest BCUT2D eigenvalue weighted by Crippen LogP contribution is -2.18. The van der Waals surface area contributed by atoms with Gasteiger partial charge in [-0.15, -0.1) is 11.3 Å². The van der Waals surface area contributed by atoms with Crippen molar-refractivity contribution in [3.8, 4) is 0 Å². The van der Waals surface area contributed by atoms with Crippen molar-refractivity contribution in [3.05, 3.63) is 54.5 Å². The normalized spacial score (nSPS) is 13.0. The quantitative estimate of drug-likeness (QED) is 0.324. The monoisotopic (exact) mass is 473 g/mol. The number of hydrogen-bond acceptors (Lipinski definition) is 9. The second-order valence-corrected chi connectivity index (χ2v) is 8.97. The molecule has 1 amide bonds. The van der Waals surface area contributed by atoms with E-state index >= 15 is 0 Å². The van der Waals surface area contributed by atoms with Gasteiger partial charge < -0.3 is 14.6 Å². The Bertz CT molecular complexity index is 1270. The lowest BCUT2D eigenvalue weighted by Gasteiger charge is -2.11. The smallest absolute Gasteiger partial charge is 0.341 e. The van der Waals surface area contributed by atoms with Gasteiger partial charge in [0, 0.05) is 10.4 Å². The molecule has 1 aliphatic carbocycles. The van der Waals surface area contributed by atoms with Gasteiger partial charge in [0.25, 0.3) is 5.91 Å². The molecule has 11 nitrogen and oxygen atoms in total. The summed E-state index contributed by atoms with van der Waals surface area (Å²) in [6.07, 6.45) is 3.62. The van der Waals surface area contributed by atoms with Crippen molar-refractivity contribution < 1.29 is 23.8 Å². The number of nitro groups is 1. The number of carbonyl (C=O) groups excluding carboxylic acids is 2. The summed E-state index contributed by atoms with van der Waals surface area (Å²) in [4.78, 5) is 37.5. The van der Waals surface area contributed by atoms with Crippen LogP contribution in [0.1, 0.15) is 66.8 Å². The number of thiophene rings is 1. The topological polar surface area (TPSA) is 142 Å². The number of nitrogens with zero attached hydrogens (tertiary/aromatic N) is 4. The third kappa shape index (κ3) is 4.01. The van der Waals surface area contributed by atoms with Gasteiger partial charge in [-0.1, -0.05) is 5.16 Å². The predicted octanol–water partition coefficient (Wildman–Crippen LogP) is 3.73. The van der Waals surface area contributed by atoms with Crippen LogP contribution in [0.2, 0.25) is 0 Å². The summed E-state index contributed by atoms with van der Waals surface area (Å²) in [6.45, 7) is 4.88. The molecule has 1 aliphatic rings. The average Bonchev–Trinajstić information content (AvgIpc) is 3.41. The molecule has 0 saturated carbocycles. The maximum absolute atomic E-state index is 13.2. The Morgan fingerprint density at radius 3 is 2.67 bits per heavy atom. The molecule has 33 heavy (non-hydrogen) atoms. The highest BCUT2D eigenvalue weighted by Crippen LogP contribution is 2.39. The fourth-order valence-electron chi connectivity index (χ4n) is 4.15. The molecule has 12 heteroatoms. The van der Waals surface area contributed by atoms with Crippen LogP contribution in [-0.4, -0.2) is 38.8 Å². The molecule has 0 fully saturated rings. The summed E-state index contributed by atoms with van der Waals surface area (Å²) in [5, 5.41) is 22.7. The first-order valence-electron chi connectivity index (χ1n) is 10.4. The number of fused-ring (bicyclic) bond motifs is 1. The highest BCUT2D eigenvalue weighted by atomic mass is 32.1. The summed E-state index contributed by atoms with van der Waals surface area (Å²) in [5.41, 5.74) is 2.38. The molecule has 4 rings (SSSR count). The molecule has 3 heterocycles. The van der Waals surface area contributed by atoms with E-state index in [9.17, 15) is 19.7 Å². The van der Waals surface area contributed by atoms with Gasteiger partial charge in [0.1, 0.15) is 22.1 Å². The van der Waals surface area contributed by atoms with Gasteiger partial charge in [-0.25, -0.2) is 4.79 Å². The standard InChI is InChI=1S/C21H23N5O6S/c1-10-18(26(29)30)11(2)25(23-10)9-14-12(3)32-24-17(14)19(27)22-20-16(21(28)31-4)13-7-5-6-8-15(13)33-20/h5-9H2,1-4H3,(H,22,27). The Morgan fingerprint density at radius 1 is 1.27 bits per heavy atom. The Morgan fingerprint density at radius 2 is 2.00 bits per heavy atom.